The van der Waals surface area contributed by atoms with Crippen LogP contribution in [0.25, 0.3) is 0 Å². The number of carboxylic acids is 1. The second-order valence-corrected chi connectivity index (χ2v) is 8.52. The average molecular weight is 476 g/mol. The number of benzene rings is 2. The Morgan fingerprint density at radius 1 is 0.794 bits per heavy atom. The van der Waals surface area contributed by atoms with Crippen LogP contribution in [0.2, 0.25) is 0 Å². The fourth-order valence-corrected chi connectivity index (χ4v) is 4.22. The van der Waals surface area contributed by atoms with E-state index in [1.807, 2.05) is 12.1 Å². The zero-order chi connectivity index (χ0) is 24.7. The third-order valence-corrected chi connectivity index (χ3v) is 6.12. The van der Waals surface area contributed by atoms with Crippen LogP contribution in [0.15, 0.2) is 48.5 Å². The SMILES string of the molecule is O=C(O)C[C@H]1CC[C@H](c2ccc(C(=O)NCCNC(=O)c3ccc(C(F)(F)F)cc3)cc2)CC1. The predicted octanol–water partition coefficient (Wildman–Crippen LogP) is 4.61. The van der Waals surface area contributed by atoms with Gasteiger partial charge < -0.3 is 15.7 Å². The van der Waals surface area contributed by atoms with Gasteiger partial charge in [-0.25, -0.2) is 0 Å². The lowest BCUT2D eigenvalue weighted by Crippen LogP contribution is -2.34. The number of carbonyl (C=O) groups is 3. The van der Waals surface area contributed by atoms with E-state index in [9.17, 15) is 27.6 Å². The van der Waals surface area contributed by atoms with Crippen LogP contribution >= 0.6 is 0 Å². The number of nitrogens with one attached hydrogen (secondary N) is 2. The average Bonchev–Trinajstić information content (AvgIpc) is 2.81. The fraction of sp³-hybridized carbons (Fsp3) is 0.400. The summed E-state index contributed by atoms with van der Waals surface area (Å²) in [6, 6.07) is 11.2. The first-order chi connectivity index (χ1) is 16.1. The summed E-state index contributed by atoms with van der Waals surface area (Å²) in [5.41, 5.74) is 0.895. The molecule has 0 unspecified atom stereocenters. The van der Waals surface area contributed by atoms with Gasteiger partial charge in [-0.05, 0) is 79.5 Å². The number of hydrogen-bond donors (Lipinski definition) is 3. The number of aliphatic carboxylic acids is 1. The van der Waals surface area contributed by atoms with E-state index in [2.05, 4.69) is 10.6 Å². The monoisotopic (exact) mass is 476 g/mol. The summed E-state index contributed by atoms with van der Waals surface area (Å²) < 4.78 is 37.8. The van der Waals surface area contributed by atoms with E-state index < -0.39 is 23.6 Å². The Morgan fingerprint density at radius 2 is 1.26 bits per heavy atom. The van der Waals surface area contributed by atoms with Gasteiger partial charge in [-0.2, -0.15) is 13.2 Å². The summed E-state index contributed by atoms with van der Waals surface area (Å²) in [6.07, 6.45) is -0.603. The van der Waals surface area contributed by atoms with E-state index in [-0.39, 0.29) is 36.9 Å². The molecular weight excluding hydrogens is 449 g/mol. The maximum Gasteiger partial charge on any atom is 0.416 e. The number of halogens is 3. The number of carboxylic acid groups (broad SMARTS) is 1. The molecule has 9 heteroatoms. The third kappa shape index (κ3) is 7.07. The van der Waals surface area contributed by atoms with Crippen LogP contribution < -0.4 is 10.6 Å². The molecule has 0 atom stereocenters. The highest BCUT2D eigenvalue weighted by Gasteiger charge is 2.30. The van der Waals surface area contributed by atoms with Crippen molar-refractivity contribution in [3.8, 4) is 0 Å². The van der Waals surface area contributed by atoms with Crippen molar-refractivity contribution < 1.29 is 32.7 Å². The lowest BCUT2D eigenvalue weighted by molar-refractivity contribution is -0.139. The van der Waals surface area contributed by atoms with Gasteiger partial charge >= 0.3 is 12.1 Å². The molecule has 3 N–H and O–H groups in total. The second-order valence-electron chi connectivity index (χ2n) is 8.52. The van der Waals surface area contributed by atoms with Gasteiger partial charge in [-0.1, -0.05) is 12.1 Å². The Kier molecular flexibility index (Phi) is 8.31. The summed E-state index contributed by atoms with van der Waals surface area (Å²) in [5.74, 6) is -0.968. The highest BCUT2D eigenvalue weighted by molar-refractivity contribution is 5.95. The summed E-state index contributed by atoms with van der Waals surface area (Å²) in [4.78, 5) is 35.2. The molecule has 0 bridgehead atoms. The molecule has 1 fully saturated rings. The van der Waals surface area contributed by atoms with E-state index in [1.54, 1.807) is 12.1 Å². The number of amides is 2. The van der Waals surface area contributed by atoms with Gasteiger partial charge in [0, 0.05) is 30.6 Å². The fourth-order valence-electron chi connectivity index (χ4n) is 4.22. The van der Waals surface area contributed by atoms with Gasteiger partial charge in [-0.15, -0.1) is 0 Å². The maximum absolute atomic E-state index is 12.6. The molecule has 0 aliphatic heterocycles. The highest BCUT2D eigenvalue weighted by atomic mass is 19.4. The lowest BCUT2D eigenvalue weighted by atomic mass is 9.77. The molecule has 34 heavy (non-hydrogen) atoms. The molecule has 1 aliphatic rings. The molecule has 0 aromatic heterocycles. The molecule has 0 radical (unpaired) electrons. The number of hydrogen-bond acceptors (Lipinski definition) is 3. The van der Waals surface area contributed by atoms with Crippen LogP contribution in [0.5, 0.6) is 0 Å². The summed E-state index contributed by atoms with van der Waals surface area (Å²) in [6.45, 7) is 0.295. The van der Waals surface area contributed by atoms with Crippen LogP contribution in [0, 0.1) is 5.92 Å². The minimum atomic E-state index is -4.46. The molecule has 6 nitrogen and oxygen atoms in total. The molecule has 3 rings (SSSR count). The van der Waals surface area contributed by atoms with Crippen LogP contribution in [0.1, 0.15) is 69.9 Å². The van der Waals surface area contributed by atoms with E-state index >= 15 is 0 Å². The molecule has 1 saturated carbocycles. The first kappa shape index (κ1) is 25.3. The molecule has 2 aromatic rings. The van der Waals surface area contributed by atoms with Crippen molar-refractivity contribution in [2.75, 3.05) is 13.1 Å². The second kappa shape index (κ2) is 11.2. The summed E-state index contributed by atoms with van der Waals surface area (Å²) in [7, 11) is 0. The zero-order valence-corrected chi connectivity index (χ0v) is 18.5. The van der Waals surface area contributed by atoms with Crippen LogP contribution in [0.3, 0.4) is 0 Å². The highest BCUT2D eigenvalue weighted by Crippen LogP contribution is 2.37. The molecule has 0 heterocycles. The van der Waals surface area contributed by atoms with Gasteiger partial charge in [-0.3, -0.25) is 14.4 Å². The van der Waals surface area contributed by atoms with Crippen molar-refractivity contribution >= 4 is 17.8 Å². The van der Waals surface area contributed by atoms with E-state index in [1.165, 1.54) is 0 Å². The summed E-state index contributed by atoms with van der Waals surface area (Å²) >= 11 is 0. The summed E-state index contributed by atoms with van der Waals surface area (Å²) in [5, 5.41) is 14.2. The van der Waals surface area contributed by atoms with Crippen molar-refractivity contribution in [3.05, 3.63) is 70.8 Å². The quantitative estimate of drug-likeness (QED) is 0.485. The molecule has 1 aliphatic carbocycles. The van der Waals surface area contributed by atoms with E-state index in [4.69, 9.17) is 5.11 Å². The number of carbonyl (C=O) groups excluding carboxylic acids is 2. The molecule has 0 saturated heterocycles. The minimum Gasteiger partial charge on any atom is -0.481 e. The number of alkyl halides is 3. The minimum absolute atomic E-state index is 0.104. The first-order valence-electron chi connectivity index (χ1n) is 11.2. The van der Waals surface area contributed by atoms with Crippen molar-refractivity contribution in [2.45, 2.75) is 44.2 Å². The Balaban J connectivity index is 1.40. The van der Waals surface area contributed by atoms with E-state index in [0.717, 1.165) is 55.5 Å². The zero-order valence-electron chi connectivity index (χ0n) is 18.5. The van der Waals surface area contributed by atoms with Crippen molar-refractivity contribution in [1.29, 1.82) is 0 Å². The van der Waals surface area contributed by atoms with Crippen molar-refractivity contribution in [3.63, 3.8) is 0 Å². The van der Waals surface area contributed by atoms with Crippen LogP contribution in [0.4, 0.5) is 13.2 Å². The van der Waals surface area contributed by atoms with Crippen molar-refractivity contribution in [2.24, 2.45) is 5.92 Å². The van der Waals surface area contributed by atoms with Gasteiger partial charge in [0.15, 0.2) is 0 Å². The van der Waals surface area contributed by atoms with Gasteiger partial charge in [0.25, 0.3) is 11.8 Å². The molecule has 0 spiro atoms. The Labute approximate surface area is 195 Å². The van der Waals surface area contributed by atoms with Crippen LogP contribution in [-0.2, 0) is 11.0 Å². The molecule has 182 valence electrons. The Hall–Kier alpha value is -3.36. The van der Waals surface area contributed by atoms with Crippen LogP contribution in [-0.4, -0.2) is 36.0 Å². The topological polar surface area (TPSA) is 95.5 Å². The Bertz CT molecular complexity index is 996. The lowest BCUT2D eigenvalue weighted by Gasteiger charge is -2.28. The standard InChI is InChI=1S/C25H27F3N2O4/c26-25(27,28)21-11-9-20(10-12-21)24(34)30-14-13-29-23(33)19-7-5-18(6-8-19)17-3-1-16(2-4-17)15-22(31)32/h5-12,16-17H,1-4,13-15H2,(H,29,33)(H,30,34)(H,31,32)/t16-,17-. The first-order valence-corrected chi connectivity index (χ1v) is 11.2. The largest absolute Gasteiger partial charge is 0.481 e. The Morgan fingerprint density at radius 3 is 1.71 bits per heavy atom. The predicted molar refractivity (Wildman–Crippen MR) is 120 cm³/mol. The van der Waals surface area contributed by atoms with E-state index in [0.29, 0.717) is 11.5 Å². The number of rotatable bonds is 8. The van der Waals surface area contributed by atoms with Gasteiger partial charge in [0.05, 0.1) is 5.56 Å². The van der Waals surface area contributed by atoms with Gasteiger partial charge in [0.1, 0.15) is 0 Å². The normalized spacial score (nSPS) is 18.2. The third-order valence-electron chi connectivity index (χ3n) is 6.12. The van der Waals surface area contributed by atoms with Crippen molar-refractivity contribution in [1.82, 2.24) is 10.6 Å². The maximum atomic E-state index is 12.6. The smallest absolute Gasteiger partial charge is 0.416 e. The molecule has 2 aromatic carbocycles. The van der Waals surface area contributed by atoms with Gasteiger partial charge in [0.2, 0.25) is 0 Å². The molecule has 2 amide bonds. The molecular formula is C25H27F3N2O4.